The molecule has 0 unspecified atom stereocenters. The van der Waals surface area contributed by atoms with Crippen LogP contribution in [0.15, 0.2) is 30.5 Å². The van der Waals surface area contributed by atoms with Crippen LogP contribution in [-0.2, 0) is 0 Å². The molecule has 0 spiro atoms. The van der Waals surface area contributed by atoms with Crippen molar-refractivity contribution in [2.24, 2.45) is 0 Å². The van der Waals surface area contributed by atoms with E-state index in [1.807, 2.05) is 24.3 Å². The minimum absolute atomic E-state index is 0.0168. The number of rotatable bonds is 4. The van der Waals surface area contributed by atoms with E-state index in [2.05, 4.69) is 29.1 Å². The van der Waals surface area contributed by atoms with E-state index in [1.165, 1.54) is 5.56 Å². The lowest BCUT2D eigenvalue weighted by Gasteiger charge is -2.09. The Morgan fingerprint density at radius 3 is 2.50 bits per heavy atom. The van der Waals surface area contributed by atoms with Crippen molar-refractivity contribution in [1.29, 1.82) is 0 Å². The largest absolute Gasteiger partial charge is 0.368 e. The first kappa shape index (κ1) is 13.7. The van der Waals surface area contributed by atoms with Gasteiger partial charge in [-0.15, -0.1) is 0 Å². The summed E-state index contributed by atoms with van der Waals surface area (Å²) in [4.78, 5) is 17.8. The molecule has 1 heterocycles. The van der Waals surface area contributed by atoms with E-state index in [-0.39, 0.29) is 17.5 Å². The summed E-state index contributed by atoms with van der Waals surface area (Å²) < 4.78 is 0. The Morgan fingerprint density at radius 1 is 1.30 bits per heavy atom. The monoisotopic (exact) mass is 273 g/mol. The number of nitro groups is 1. The lowest BCUT2D eigenvalue weighted by molar-refractivity contribution is -0.384. The van der Waals surface area contributed by atoms with Gasteiger partial charge in [0.05, 0.1) is 4.92 Å². The average molecular weight is 273 g/mol. The molecule has 1 aromatic heterocycles. The van der Waals surface area contributed by atoms with Gasteiger partial charge in [-0.25, -0.2) is 4.98 Å². The van der Waals surface area contributed by atoms with E-state index in [0.717, 1.165) is 6.20 Å². The fourth-order valence-corrected chi connectivity index (χ4v) is 1.70. The predicted octanol–water partition coefficient (Wildman–Crippen LogP) is 2.83. The van der Waals surface area contributed by atoms with Crippen LogP contribution in [0.4, 0.5) is 23.1 Å². The third kappa shape index (κ3) is 3.00. The van der Waals surface area contributed by atoms with E-state index in [0.29, 0.717) is 11.6 Å². The second-order valence-corrected chi connectivity index (χ2v) is 4.62. The molecule has 0 aliphatic rings. The van der Waals surface area contributed by atoms with Crippen LogP contribution in [0.3, 0.4) is 0 Å². The molecule has 0 radical (unpaired) electrons. The molecule has 0 fully saturated rings. The standard InChI is InChI=1S/C13H15N5O2/c1-8(2)9-3-5-10(6-4-9)16-12-11(18(19)20)7-15-13(14)17-12/h3-8H,1-2H3,(H3,14,15,16,17). The molecule has 1 aromatic carbocycles. The summed E-state index contributed by atoms with van der Waals surface area (Å²) in [7, 11) is 0. The van der Waals surface area contributed by atoms with Gasteiger partial charge in [-0.1, -0.05) is 26.0 Å². The smallest absolute Gasteiger partial charge is 0.329 e. The third-order valence-electron chi connectivity index (χ3n) is 2.82. The first-order valence-corrected chi connectivity index (χ1v) is 6.11. The van der Waals surface area contributed by atoms with Gasteiger partial charge in [-0.2, -0.15) is 4.98 Å². The molecule has 7 heteroatoms. The molecule has 2 rings (SSSR count). The minimum Gasteiger partial charge on any atom is -0.368 e. The Hall–Kier alpha value is -2.70. The maximum absolute atomic E-state index is 10.9. The van der Waals surface area contributed by atoms with E-state index in [9.17, 15) is 10.1 Å². The SMILES string of the molecule is CC(C)c1ccc(Nc2nc(N)ncc2[N+](=O)[O-])cc1. The number of nitrogens with two attached hydrogens (primary N) is 1. The molecule has 0 aliphatic carbocycles. The van der Waals surface area contributed by atoms with E-state index in [1.54, 1.807) is 0 Å². The highest BCUT2D eigenvalue weighted by atomic mass is 16.6. The molecular formula is C13H15N5O2. The number of benzene rings is 1. The van der Waals surface area contributed by atoms with Gasteiger partial charge in [0.2, 0.25) is 11.8 Å². The number of aromatic nitrogens is 2. The zero-order chi connectivity index (χ0) is 14.7. The minimum atomic E-state index is -0.551. The number of nitrogens with one attached hydrogen (secondary N) is 1. The number of hydrogen-bond acceptors (Lipinski definition) is 6. The molecule has 2 aromatic rings. The van der Waals surface area contributed by atoms with Crippen LogP contribution in [0.2, 0.25) is 0 Å². The highest BCUT2D eigenvalue weighted by Crippen LogP contribution is 2.26. The summed E-state index contributed by atoms with van der Waals surface area (Å²) in [6, 6.07) is 7.61. The number of nitrogen functional groups attached to an aromatic ring is 1. The van der Waals surface area contributed by atoms with Crippen LogP contribution < -0.4 is 11.1 Å². The van der Waals surface area contributed by atoms with Crippen molar-refractivity contribution in [3.05, 3.63) is 46.1 Å². The summed E-state index contributed by atoms with van der Waals surface area (Å²) in [5.41, 5.74) is 7.14. The average Bonchev–Trinajstić information content (AvgIpc) is 2.39. The summed E-state index contributed by atoms with van der Waals surface area (Å²) in [6.45, 7) is 4.19. The molecule has 0 saturated heterocycles. The fraction of sp³-hybridized carbons (Fsp3) is 0.231. The van der Waals surface area contributed by atoms with Gasteiger partial charge in [0.25, 0.3) is 0 Å². The van der Waals surface area contributed by atoms with Gasteiger partial charge >= 0.3 is 5.69 Å². The van der Waals surface area contributed by atoms with Crippen molar-refractivity contribution >= 4 is 23.1 Å². The second-order valence-electron chi connectivity index (χ2n) is 4.62. The molecule has 3 N–H and O–H groups in total. The van der Waals surface area contributed by atoms with Crippen molar-refractivity contribution in [2.45, 2.75) is 19.8 Å². The summed E-state index contributed by atoms with van der Waals surface area (Å²) in [5, 5.41) is 13.8. The van der Waals surface area contributed by atoms with Gasteiger partial charge in [-0.05, 0) is 23.6 Å². The Kier molecular flexibility index (Phi) is 3.79. The molecule has 20 heavy (non-hydrogen) atoms. The number of nitrogens with zero attached hydrogens (tertiary/aromatic N) is 3. The van der Waals surface area contributed by atoms with Crippen LogP contribution in [0.1, 0.15) is 25.3 Å². The Labute approximate surface area is 116 Å². The van der Waals surface area contributed by atoms with Crippen molar-refractivity contribution < 1.29 is 4.92 Å². The first-order valence-electron chi connectivity index (χ1n) is 6.11. The van der Waals surface area contributed by atoms with Crippen LogP contribution in [0.5, 0.6) is 0 Å². The molecule has 0 amide bonds. The maximum Gasteiger partial charge on any atom is 0.329 e. The molecule has 7 nitrogen and oxygen atoms in total. The van der Waals surface area contributed by atoms with Crippen LogP contribution in [-0.4, -0.2) is 14.9 Å². The Balaban J connectivity index is 2.29. The third-order valence-corrected chi connectivity index (χ3v) is 2.82. The lowest BCUT2D eigenvalue weighted by Crippen LogP contribution is -2.04. The summed E-state index contributed by atoms with van der Waals surface area (Å²) >= 11 is 0. The van der Waals surface area contributed by atoms with Gasteiger partial charge < -0.3 is 11.1 Å². The van der Waals surface area contributed by atoms with E-state index < -0.39 is 4.92 Å². The van der Waals surface area contributed by atoms with Crippen molar-refractivity contribution in [1.82, 2.24) is 9.97 Å². The van der Waals surface area contributed by atoms with E-state index >= 15 is 0 Å². The summed E-state index contributed by atoms with van der Waals surface area (Å²) in [6.07, 6.45) is 1.09. The molecule has 104 valence electrons. The van der Waals surface area contributed by atoms with Crippen LogP contribution in [0, 0.1) is 10.1 Å². The highest BCUT2D eigenvalue weighted by Gasteiger charge is 2.16. The number of hydrogen-bond donors (Lipinski definition) is 2. The zero-order valence-electron chi connectivity index (χ0n) is 11.2. The van der Waals surface area contributed by atoms with Crippen molar-refractivity contribution in [3.63, 3.8) is 0 Å². The first-order chi connectivity index (χ1) is 9.47. The lowest BCUT2D eigenvalue weighted by atomic mass is 10.0. The predicted molar refractivity (Wildman–Crippen MR) is 76.9 cm³/mol. The quantitative estimate of drug-likeness (QED) is 0.655. The van der Waals surface area contributed by atoms with Gasteiger partial charge in [0.1, 0.15) is 6.20 Å². The van der Waals surface area contributed by atoms with Crippen molar-refractivity contribution in [3.8, 4) is 0 Å². The zero-order valence-corrected chi connectivity index (χ0v) is 11.2. The van der Waals surface area contributed by atoms with E-state index in [4.69, 9.17) is 5.73 Å². The molecule has 0 atom stereocenters. The van der Waals surface area contributed by atoms with Crippen LogP contribution >= 0.6 is 0 Å². The van der Waals surface area contributed by atoms with Gasteiger partial charge in [0, 0.05) is 5.69 Å². The Morgan fingerprint density at radius 2 is 1.95 bits per heavy atom. The summed E-state index contributed by atoms with van der Waals surface area (Å²) in [5.74, 6) is 0.491. The topological polar surface area (TPSA) is 107 Å². The number of anilines is 3. The Bertz CT molecular complexity index is 625. The van der Waals surface area contributed by atoms with Crippen LogP contribution in [0.25, 0.3) is 0 Å². The second kappa shape index (κ2) is 5.52. The highest BCUT2D eigenvalue weighted by molar-refractivity contribution is 5.65. The maximum atomic E-state index is 10.9. The molecule has 0 saturated carbocycles. The molecule has 0 aliphatic heterocycles. The molecular weight excluding hydrogens is 258 g/mol. The van der Waals surface area contributed by atoms with Gasteiger partial charge in [0.15, 0.2) is 0 Å². The van der Waals surface area contributed by atoms with Gasteiger partial charge in [-0.3, -0.25) is 10.1 Å². The normalized spacial score (nSPS) is 10.6. The molecule has 0 bridgehead atoms. The fourth-order valence-electron chi connectivity index (χ4n) is 1.70. The van der Waals surface area contributed by atoms with Crippen molar-refractivity contribution in [2.75, 3.05) is 11.1 Å².